The molecular weight excluding hydrogens is 268 g/mol. The third-order valence-corrected chi connectivity index (χ3v) is 2.98. The molecule has 1 aromatic carbocycles. The number of ether oxygens (including phenoxy) is 1. The van der Waals surface area contributed by atoms with Gasteiger partial charge in [-0.15, -0.1) is 0 Å². The molecule has 0 aliphatic rings. The second-order valence-corrected chi connectivity index (χ2v) is 4.63. The lowest BCUT2D eigenvalue weighted by Crippen LogP contribution is -2.21. The fraction of sp³-hybridized carbons (Fsp3) is 0.188. The molecule has 0 unspecified atom stereocenters. The van der Waals surface area contributed by atoms with Crippen molar-refractivity contribution < 1.29 is 14.3 Å². The maximum Gasteiger partial charge on any atom is 0.340 e. The van der Waals surface area contributed by atoms with Gasteiger partial charge in [0.05, 0.1) is 5.56 Å². The van der Waals surface area contributed by atoms with E-state index < -0.39 is 5.97 Å². The zero-order valence-electron chi connectivity index (χ0n) is 11.9. The Labute approximate surface area is 123 Å². The molecule has 0 atom stereocenters. The Morgan fingerprint density at radius 1 is 1.14 bits per heavy atom. The van der Waals surface area contributed by atoms with Gasteiger partial charge in [-0.25, -0.2) is 4.79 Å². The summed E-state index contributed by atoms with van der Waals surface area (Å²) in [5.74, 6) is -0.940. The Morgan fingerprint density at radius 3 is 2.48 bits per heavy atom. The summed E-state index contributed by atoms with van der Waals surface area (Å²) in [7, 11) is 0. The number of aryl methyl sites for hydroxylation is 2. The second kappa shape index (κ2) is 6.65. The summed E-state index contributed by atoms with van der Waals surface area (Å²) < 4.78 is 4.95. The fourth-order valence-corrected chi connectivity index (χ4v) is 1.89. The van der Waals surface area contributed by atoms with Gasteiger partial charge in [-0.1, -0.05) is 18.2 Å². The Bertz CT molecular complexity index is 634. The molecular formula is C16H16N2O3. The van der Waals surface area contributed by atoms with Crippen LogP contribution in [-0.2, 0) is 9.53 Å². The first kappa shape index (κ1) is 14.7. The number of rotatable bonds is 4. The fourth-order valence-electron chi connectivity index (χ4n) is 1.89. The minimum absolute atomic E-state index is 0.317. The van der Waals surface area contributed by atoms with Gasteiger partial charge in [-0.3, -0.25) is 9.78 Å². The predicted octanol–water partition coefficient (Wildman–Crippen LogP) is 2.49. The average Bonchev–Trinajstić information content (AvgIpc) is 2.49. The average molecular weight is 284 g/mol. The summed E-state index contributed by atoms with van der Waals surface area (Å²) >= 11 is 0. The van der Waals surface area contributed by atoms with Crippen molar-refractivity contribution in [2.75, 3.05) is 11.9 Å². The number of anilines is 1. The number of carbonyl (C=O) groups is 2. The molecule has 0 spiro atoms. The lowest BCUT2D eigenvalue weighted by atomic mass is 10.1. The monoisotopic (exact) mass is 284 g/mol. The molecule has 0 aliphatic carbocycles. The van der Waals surface area contributed by atoms with Crippen LogP contribution < -0.4 is 5.32 Å². The summed E-state index contributed by atoms with van der Waals surface area (Å²) in [5, 5.41) is 2.75. The lowest BCUT2D eigenvalue weighted by molar-refractivity contribution is -0.119. The van der Waals surface area contributed by atoms with Gasteiger partial charge >= 0.3 is 5.97 Å². The molecule has 21 heavy (non-hydrogen) atoms. The molecule has 1 amide bonds. The number of pyridine rings is 1. The first-order valence-corrected chi connectivity index (χ1v) is 6.51. The molecule has 1 N–H and O–H groups in total. The molecule has 2 aromatic rings. The molecule has 5 heteroatoms. The van der Waals surface area contributed by atoms with E-state index in [9.17, 15) is 9.59 Å². The largest absolute Gasteiger partial charge is 0.452 e. The van der Waals surface area contributed by atoms with Crippen molar-refractivity contribution in [2.45, 2.75) is 13.8 Å². The minimum Gasteiger partial charge on any atom is -0.452 e. The molecule has 0 saturated carbocycles. The van der Waals surface area contributed by atoms with E-state index >= 15 is 0 Å². The first-order chi connectivity index (χ1) is 10.1. The summed E-state index contributed by atoms with van der Waals surface area (Å²) in [6, 6.07) is 8.95. The molecule has 0 aliphatic heterocycles. The SMILES string of the molecule is Cc1cccc(C)c1NC(=O)COC(=O)c1cccnc1. The van der Waals surface area contributed by atoms with Crippen LogP contribution in [0.5, 0.6) is 0 Å². The van der Waals surface area contributed by atoms with Crippen molar-refractivity contribution in [1.82, 2.24) is 4.98 Å². The third kappa shape index (κ3) is 3.89. The van der Waals surface area contributed by atoms with Crippen LogP contribution in [0.3, 0.4) is 0 Å². The predicted molar refractivity (Wildman–Crippen MR) is 79.1 cm³/mol. The van der Waals surface area contributed by atoms with Crippen molar-refractivity contribution in [3.05, 3.63) is 59.4 Å². The van der Waals surface area contributed by atoms with E-state index in [1.54, 1.807) is 18.3 Å². The van der Waals surface area contributed by atoms with Crippen molar-refractivity contribution in [2.24, 2.45) is 0 Å². The number of carbonyl (C=O) groups excluding carboxylic acids is 2. The second-order valence-electron chi connectivity index (χ2n) is 4.63. The number of esters is 1. The Kier molecular flexibility index (Phi) is 4.66. The van der Waals surface area contributed by atoms with E-state index in [4.69, 9.17) is 4.74 Å². The normalized spacial score (nSPS) is 10.0. The van der Waals surface area contributed by atoms with Gasteiger partial charge in [0.15, 0.2) is 6.61 Å². The number of nitrogens with zero attached hydrogens (tertiary/aromatic N) is 1. The molecule has 0 radical (unpaired) electrons. The molecule has 1 heterocycles. The molecule has 0 fully saturated rings. The van der Waals surface area contributed by atoms with Crippen LogP contribution in [0, 0.1) is 13.8 Å². The van der Waals surface area contributed by atoms with Gasteiger partial charge in [-0.05, 0) is 37.1 Å². The van der Waals surface area contributed by atoms with E-state index in [2.05, 4.69) is 10.3 Å². The van der Waals surface area contributed by atoms with Gasteiger partial charge in [0.1, 0.15) is 0 Å². The number of amides is 1. The van der Waals surface area contributed by atoms with E-state index in [1.165, 1.54) is 6.20 Å². The van der Waals surface area contributed by atoms with Crippen molar-refractivity contribution in [1.29, 1.82) is 0 Å². The van der Waals surface area contributed by atoms with Crippen LogP contribution in [-0.4, -0.2) is 23.5 Å². The van der Waals surface area contributed by atoms with Crippen LogP contribution in [0.1, 0.15) is 21.5 Å². The minimum atomic E-state index is -0.570. The highest BCUT2D eigenvalue weighted by Gasteiger charge is 2.11. The van der Waals surface area contributed by atoms with Gasteiger partial charge < -0.3 is 10.1 Å². The number of benzene rings is 1. The summed E-state index contributed by atoms with van der Waals surface area (Å²) in [6.07, 6.45) is 2.95. The Morgan fingerprint density at radius 2 is 1.86 bits per heavy atom. The van der Waals surface area contributed by atoms with E-state index in [1.807, 2.05) is 32.0 Å². The van der Waals surface area contributed by atoms with Gasteiger partial charge in [0.25, 0.3) is 5.91 Å². The van der Waals surface area contributed by atoms with Crippen LogP contribution in [0.15, 0.2) is 42.7 Å². The Hall–Kier alpha value is -2.69. The number of hydrogen-bond acceptors (Lipinski definition) is 4. The van der Waals surface area contributed by atoms with Gasteiger partial charge in [0, 0.05) is 18.1 Å². The highest BCUT2D eigenvalue weighted by Crippen LogP contribution is 2.19. The van der Waals surface area contributed by atoms with Crippen molar-refractivity contribution in [3.63, 3.8) is 0 Å². The highest BCUT2D eigenvalue weighted by molar-refractivity contribution is 5.96. The maximum atomic E-state index is 11.8. The van der Waals surface area contributed by atoms with Crippen molar-refractivity contribution in [3.8, 4) is 0 Å². The van der Waals surface area contributed by atoms with Gasteiger partial charge in [0.2, 0.25) is 0 Å². The van der Waals surface area contributed by atoms with Crippen LogP contribution >= 0.6 is 0 Å². The number of hydrogen-bond donors (Lipinski definition) is 1. The molecule has 1 aromatic heterocycles. The molecule has 2 rings (SSSR count). The molecule has 0 bridgehead atoms. The zero-order valence-corrected chi connectivity index (χ0v) is 11.9. The first-order valence-electron chi connectivity index (χ1n) is 6.51. The summed E-state index contributed by atoms with van der Waals surface area (Å²) in [4.78, 5) is 27.4. The summed E-state index contributed by atoms with van der Waals surface area (Å²) in [6.45, 7) is 3.48. The van der Waals surface area contributed by atoms with Gasteiger partial charge in [-0.2, -0.15) is 0 Å². The number of nitrogens with one attached hydrogen (secondary N) is 1. The van der Waals surface area contributed by atoms with Crippen LogP contribution in [0.2, 0.25) is 0 Å². The molecule has 5 nitrogen and oxygen atoms in total. The quantitative estimate of drug-likeness (QED) is 0.876. The van der Waals surface area contributed by atoms with Crippen LogP contribution in [0.4, 0.5) is 5.69 Å². The third-order valence-electron chi connectivity index (χ3n) is 2.98. The van der Waals surface area contributed by atoms with Crippen molar-refractivity contribution >= 4 is 17.6 Å². The smallest absolute Gasteiger partial charge is 0.340 e. The number of aromatic nitrogens is 1. The maximum absolute atomic E-state index is 11.8. The summed E-state index contributed by atoms with van der Waals surface area (Å²) in [5.41, 5.74) is 2.99. The van der Waals surface area contributed by atoms with Crippen LogP contribution in [0.25, 0.3) is 0 Å². The molecule has 108 valence electrons. The Balaban J connectivity index is 1.92. The topological polar surface area (TPSA) is 68.3 Å². The lowest BCUT2D eigenvalue weighted by Gasteiger charge is -2.11. The van der Waals surface area contributed by atoms with E-state index in [0.717, 1.165) is 16.8 Å². The van der Waals surface area contributed by atoms with E-state index in [-0.39, 0.29) is 12.5 Å². The standard InChI is InChI=1S/C16H16N2O3/c1-11-5-3-6-12(2)15(11)18-14(19)10-21-16(20)13-7-4-8-17-9-13/h3-9H,10H2,1-2H3,(H,18,19). The number of para-hydroxylation sites is 1. The molecule has 0 saturated heterocycles. The zero-order chi connectivity index (χ0) is 15.2. The highest BCUT2D eigenvalue weighted by atomic mass is 16.5. The van der Waals surface area contributed by atoms with E-state index in [0.29, 0.717) is 5.56 Å².